The average Bonchev–Trinajstić information content (AvgIpc) is 2.95. The molecule has 1 N–H and O–H groups in total. The molecule has 3 aliphatic rings. The summed E-state index contributed by atoms with van der Waals surface area (Å²) < 4.78 is 18.3. The van der Waals surface area contributed by atoms with Gasteiger partial charge in [0.05, 0.1) is 12.7 Å². The zero-order valence-corrected chi connectivity index (χ0v) is 13.7. The number of hydrogen-bond acceptors (Lipinski definition) is 5. The number of hydrogen-bond donors (Lipinski definition) is 1. The van der Waals surface area contributed by atoms with Crippen LogP contribution in [0.4, 0.5) is 0 Å². The van der Waals surface area contributed by atoms with E-state index < -0.39 is 30.2 Å². The van der Waals surface area contributed by atoms with Crippen molar-refractivity contribution in [2.24, 2.45) is 0 Å². The van der Waals surface area contributed by atoms with E-state index in [-0.39, 0.29) is 12.2 Å². The van der Waals surface area contributed by atoms with Gasteiger partial charge in [0, 0.05) is 19.3 Å². The molecule has 4 unspecified atom stereocenters. The molecule has 0 radical (unpaired) electrons. The van der Waals surface area contributed by atoms with Crippen molar-refractivity contribution in [1.82, 2.24) is 0 Å². The Balaban J connectivity index is 1.49. The second-order valence-electron chi connectivity index (χ2n) is 7.09. The van der Waals surface area contributed by atoms with Gasteiger partial charge >= 0.3 is 0 Å². The Kier molecular flexibility index (Phi) is 4.43. The number of ether oxygens (including phenoxy) is 3. The molecule has 4 atom stereocenters. The lowest BCUT2D eigenvalue weighted by atomic mass is 9.88. The van der Waals surface area contributed by atoms with Gasteiger partial charge in [-0.25, -0.2) is 0 Å². The number of aliphatic hydroxyl groups is 1. The fraction of sp³-hybridized carbons (Fsp3) is 0.632. The molecule has 5 nitrogen and oxygen atoms in total. The van der Waals surface area contributed by atoms with Crippen molar-refractivity contribution in [2.75, 3.05) is 0 Å². The van der Waals surface area contributed by atoms with Crippen LogP contribution in [-0.4, -0.2) is 41.1 Å². The van der Waals surface area contributed by atoms with Crippen molar-refractivity contribution < 1.29 is 24.1 Å². The maximum atomic E-state index is 12.3. The first-order chi connectivity index (χ1) is 11.7. The maximum absolute atomic E-state index is 12.3. The molecule has 24 heavy (non-hydrogen) atoms. The van der Waals surface area contributed by atoms with Crippen LogP contribution in [0.15, 0.2) is 30.3 Å². The minimum atomic E-state index is -0.843. The standard InChI is InChI=1S/C19H24O5/c20-14-11-15(21)17-18(24-19(23-17)9-5-2-6-10-19)16(14)22-12-13-7-3-1-4-8-13/h1,3-4,7-8,14,16-18,20H,2,5-6,9-12H2. The molecule has 0 amide bonds. The van der Waals surface area contributed by atoms with E-state index in [0.717, 1.165) is 31.2 Å². The predicted molar refractivity (Wildman–Crippen MR) is 86.2 cm³/mol. The first-order valence-electron chi connectivity index (χ1n) is 8.89. The second-order valence-corrected chi connectivity index (χ2v) is 7.09. The van der Waals surface area contributed by atoms with Crippen molar-refractivity contribution in [1.29, 1.82) is 0 Å². The van der Waals surface area contributed by atoms with Gasteiger partial charge in [-0.2, -0.15) is 0 Å². The summed E-state index contributed by atoms with van der Waals surface area (Å²) in [4.78, 5) is 12.3. The third-order valence-electron chi connectivity index (χ3n) is 5.32. The topological polar surface area (TPSA) is 65.0 Å². The number of fused-ring (bicyclic) bond motifs is 1. The summed E-state index contributed by atoms with van der Waals surface area (Å²) in [5.41, 5.74) is 1.03. The SMILES string of the molecule is O=C1CC(O)C(OCc2ccccc2)C2OC3(CCCCC3)OC12. The number of carbonyl (C=O) groups is 1. The average molecular weight is 332 g/mol. The van der Waals surface area contributed by atoms with Crippen LogP contribution in [0, 0.1) is 0 Å². The number of aliphatic hydroxyl groups excluding tert-OH is 1. The number of carbonyl (C=O) groups excluding carboxylic acids is 1. The van der Waals surface area contributed by atoms with Crippen LogP contribution >= 0.6 is 0 Å². The van der Waals surface area contributed by atoms with E-state index in [0.29, 0.717) is 6.61 Å². The molecule has 130 valence electrons. The van der Waals surface area contributed by atoms with E-state index >= 15 is 0 Å². The van der Waals surface area contributed by atoms with Crippen LogP contribution in [0.2, 0.25) is 0 Å². The third-order valence-corrected chi connectivity index (χ3v) is 5.32. The van der Waals surface area contributed by atoms with Crippen LogP contribution < -0.4 is 0 Å². The van der Waals surface area contributed by atoms with Crippen molar-refractivity contribution >= 4 is 5.78 Å². The van der Waals surface area contributed by atoms with Crippen LogP contribution in [0.3, 0.4) is 0 Å². The van der Waals surface area contributed by atoms with Gasteiger partial charge in [-0.05, 0) is 18.4 Å². The normalized spacial score (nSPS) is 35.1. The fourth-order valence-corrected chi connectivity index (χ4v) is 4.08. The van der Waals surface area contributed by atoms with Crippen molar-refractivity contribution in [3.63, 3.8) is 0 Å². The zero-order valence-electron chi connectivity index (χ0n) is 13.7. The molecule has 2 aliphatic carbocycles. The smallest absolute Gasteiger partial charge is 0.170 e. The van der Waals surface area contributed by atoms with Gasteiger partial charge in [-0.1, -0.05) is 36.8 Å². The molecule has 1 saturated heterocycles. The minimum absolute atomic E-state index is 0.0695. The highest BCUT2D eigenvalue weighted by Gasteiger charge is 2.57. The molecule has 0 aromatic heterocycles. The molecule has 1 aromatic carbocycles. The number of ketones is 1. The predicted octanol–water partition coefficient (Wildman–Crippen LogP) is 2.35. The van der Waals surface area contributed by atoms with Crippen molar-refractivity contribution in [3.05, 3.63) is 35.9 Å². The second kappa shape index (κ2) is 6.56. The highest BCUT2D eigenvalue weighted by molar-refractivity contribution is 5.85. The summed E-state index contributed by atoms with van der Waals surface area (Å²) in [5, 5.41) is 10.4. The van der Waals surface area contributed by atoms with Crippen molar-refractivity contribution in [3.8, 4) is 0 Å². The molecule has 3 fully saturated rings. The fourth-order valence-electron chi connectivity index (χ4n) is 4.08. The van der Waals surface area contributed by atoms with E-state index in [2.05, 4.69) is 0 Å². The Bertz CT molecular complexity index is 581. The molecule has 1 aliphatic heterocycles. The Labute approximate surface area is 141 Å². The maximum Gasteiger partial charge on any atom is 0.170 e. The number of benzene rings is 1. The third kappa shape index (κ3) is 3.02. The van der Waals surface area contributed by atoms with E-state index in [1.165, 1.54) is 6.42 Å². The molecule has 1 heterocycles. The zero-order chi connectivity index (χ0) is 16.6. The summed E-state index contributed by atoms with van der Waals surface area (Å²) in [7, 11) is 0. The van der Waals surface area contributed by atoms with E-state index in [1.54, 1.807) is 0 Å². The molecular weight excluding hydrogens is 308 g/mol. The highest BCUT2D eigenvalue weighted by atomic mass is 16.8. The van der Waals surface area contributed by atoms with Crippen LogP contribution in [0.25, 0.3) is 0 Å². The Morgan fingerprint density at radius 3 is 2.62 bits per heavy atom. The minimum Gasteiger partial charge on any atom is -0.390 e. The first-order valence-corrected chi connectivity index (χ1v) is 8.89. The lowest BCUT2D eigenvalue weighted by molar-refractivity contribution is -0.206. The molecular formula is C19H24O5. The van der Waals surface area contributed by atoms with Gasteiger partial charge in [-0.3, -0.25) is 4.79 Å². The van der Waals surface area contributed by atoms with E-state index in [9.17, 15) is 9.90 Å². The van der Waals surface area contributed by atoms with Gasteiger partial charge in [0.1, 0.15) is 18.3 Å². The van der Waals surface area contributed by atoms with Gasteiger partial charge in [0.2, 0.25) is 0 Å². The molecule has 2 saturated carbocycles. The summed E-state index contributed by atoms with van der Waals surface area (Å²) in [6.07, 6.45) is 2.48. The largest absolute Gasteiger partial charge is 0.390 e. The van der Waals surface area contributed by atoms with Gasteiger partial charge in [-0.15, -0.1) is 0 Å². The lowest BCUT2D eigenvalue weighted by Crippen LogP contribution is -2.53. The summed E-state index contributed by atoms with van der Waals surface area (Å²) in [5.74, 6) is -0.726. The first kappa shape index (κ1) is 16.2. The lowest BCUT2D eigenvalue weighted by Gasteiger charge is -2.34. The van der Waals surface area contributed by atoms with E-state index in [1.807, 2.05) is 30.3 Å². The number of Topliss-reactive ketones (excluding diaryl/α,β-unsaturated/α-hetero) is 1. The monoisotopic (exact) mass is 332 g/mol. The summed E-state index contributed by atoms with van der Waals surface area (Å²) >= 11 is 0. The van der Waals surface area contributed by atoms with Gasteiger partial charge in [0.15, 0.2) is 11.6 Å². The number of rotatable bonds is 3. The van der Waals surface area contributed by atoms with Crippen LogP contribution in [0.5, 0.6) is 0 Å². The van der Waals surface area contributed by atoms with Crippen LogP contribution in [-0.2, 0) is 25.6 Å². The molecule has 0 bridgehead atoms. The molecule has 5 heteroatoms. The van der Waals surface area contributed by atoms with Gasteiger partial charge < -0.3 is 19.3 Å². The Morgan fingerprint density at radius 1 is 1.12 bits per heavy atom. The summed E-state index contributed by atoms with van der Waals surface area (Å²) in [6.45, 7) is 0.385. The van der Waals surface area contributed by atoms with Gasteiger partial charge in [0.25, 0.3) is 0 Å². The van der Waals surface area contributed by atoms with Crippen LogP contribution in [0.1, 0.15) is 44.1 Å². The molecule has 1 aromatic rings. The quantitative estimate of drug-likeness (QED) is 0.920. The Morgan fingerprint density at radius 2 is 1.88 bits per heavy atom. The highest BCUT2D eigenvalue weighted by Crippen LogP contribution is 2.44. The Hall–Kier alpha value is -1.27. The summed E-state index contributed by atoms with van der Waals surface area (Å²) in [6, 6.07) is 9.82. The molecule has 4 rings (SSSR count). The van der Waals surface area contributed by atoms with Crippen molar-refractivity contribution in [2.45, 2.75) is 75.3 Å². The molecule has 1 spiro atoms. The van der Waals surface area contributed by atoms with E-state index in [4.69, 9.17) is 14.2 Å².